The van der Waals surface area contributed by atoms with E-state index in [0.717, 1.165) is 31.8 Å². The van der Waals surface area contributed by atoms with Crippen molar-refractivity contribution in [2.45, 2.75) is 25.9 Å². The summed E-state index contributed by atoms with van der Waals surface area (Å²) in [7, 11) is 1.72. The number of fused-ring (bicyclic) bond motifs is 1. The van der Waals surface area contributed by atoms with Crippen LogP contribution < -0.4 is 4.74 Å². The van der Waals surface area contributed by atoms with Crippen LogP contribution in [0.3, 0.4) is 0 Å². The molecule has 0 radical (unpaired) electrons. The van der Waals surface area contributed by atoms with Gasteiger partial charge in [0.25, 0.3) is 0 Å². The summed E-state index contributed by atoms with van der Waals surface area (Å²) in [6, 6.07) is 26.0. The average molecular weight is 343 g/mol. The standard InChI is InChI=1S/C24H25NO/c1-26-24-11-5-9-21(16-24)22-12-13-23-18-25(14-6-10-20(23)15-22)17-19-7-3-2-4-8-19/h2-5,7-9,11-13,15-16H,6,10,14,17-18H2,1H3. The lowest BCUT2D eigenvalue weighted by molar-refractivity contribution is 0.261. The molecule has 0 spiro atoms. The Morgan fingerprint density at radius 3 is 2.54 bits per heavy atom. The first-order chi connectivity index (χ1) is 12.8. The molecule has 0 fully saturated rings. The minimum absolute atomic E-state index is 0.909. The predicted octanol–water partition coefficient (Wildman–Crippen LogP) is 5.31. The van der Waals surface area contributed by atoms with Crippen molar-refractivity contribution in [3.63, 3.8) is 0 Å². The molecule has 1 aliphatic heterocycles. The highest BCUT2D eigenvalue weighted by Crippen LogP contribution is 2.28. The van der Waals surface area contributed by atoms with Crippen LogP contribution in [0.15, 0.2) is 72.8 Å². The first kappa shape index (κ1) is 16.9. The summed E-state index contributed by atoms with van der Waals surface area (Å²) in [5.74, 6) is 0.909. The molecule has 1 heterocycles. The lowest BCUT2D eigenvalue weighted by Crippen LogP contribution is -2.22. The van der Waals surface area contributed by atoms with E-state index in [4.69, 9.17) is 4.74 Å². The second-order valence-corrected chi connectivity index (χ2v) is 7.02. The van der Waals surface area contributed by atoms with Crippen molar-refractivity contribution >= 4 is 0 Å². The van der Waals surface area contributed by atoms with E-state index in [1.54, 1.807) is 7.11 Å². The normalized spacial score (nSPS) is 14.5. The SMILES string of the molecule is COc1cccc(-c2ccc3c(c2)CCCN(Cc2ccccc2)C3)c1. The van der Waals surface area contributed by atoms with E-state index >= 15 is 0 Å². The van der Waals surface area contributed by atoms with Gasteiger partial charge in [0.2, 0.25) is 0 Å². The van der Waals surface area contributed by atoms with E-state index in [1.165, 1.54) is 34.2 Å². The molecule has 0 aliphatic carbocycles. The van der Waals surface area contributed by atoms with Gasteiger partial charge in [-0.1, -0.05) is 60.7 Å². The van der Waals surface area contributed by atoms with Crippen LogP contribution in [0.2, 0.25) is 0 Å². The third kappa shape index (κ3) is 3.81. The molecule has 0 aromatic heterocycles. The van der Waals surface area contributed by atoms with Crippen molar-refractivity contribution in [2.75, 3.05) is 13.7 Å². The van der Waals surface area contributed by atoms with Gasteiger partial charge in [-0.2, -0.15) is 0 Å². The number of methoxy groups -OCH3 is 1. The highest BCUT2D eigenvalue weighted by molar-refractivity contribution is 5.66. The molecule has 0 unspecified atom stereocenters. The van der Waals surface area contributed by atoms with Gasteiger partial charge in [-0.25, -0.2) is 0 Å². The van der Waals surface area contributed by atoms with Gasteiger partial charge in [0.1, 0.15) is 5.75 Å². The van der Waals surface area contributed by atoms with Crippen molar-refractivity contribution in [2.24, 2.45) is 0 Å². The minimum atomic E-state index is 0.909. The maximum absolute atomic E-state index is 5.37. The molecule has 0 amide bonds. The van der Waals surface area contributed by atoms with Crippen LogP contribution in [0.5, 0.6) is 5.75 Å². The smallest absolute Gasteiger partial charge is 0.119 e. The van der Waals surface area contributed by atoms with Gasteiger partial charge in [0.05, 0.1) is 7.11 Å². The molecule has 132 valence electrons. The van der Waals surface area contributed by atoms with Crippen LogP contribution in [-0.2, 0) is 19.5 Å². The highest BCUT2D eigenvalue weighted by atomic mass is 16.5. The van der Waals surface area contributed by atoms with E-state index in [2.05, 4.69) is 71.6 Å². The van der Waals surface area contributed by atoms with Gasteiger partial charge < -0.3 is 4.74 Å². The third-order valence-corrected chi connectivity index (χ3v) is 5.17. The first-order valence-corrected chi connectivity index (χ1v) is 9.34. The van der Waals surface area contributed by atoms with Crippen molar-refractivity contribution < 1.29 is 4.74 Å². The molecule has 2 nitrogen and oxygen atoms in total. The van der Waals surface area contributed by atoms with Crippen molar-refractivity contribution in [1.29, 1.82) is 0 Å². The summed E-state index contributed by atoms with van der Waals surface area (Å²) in [5.41, 5.74) is 6.84. The Hall–Kier alpha value is -2.58. The zero-order valence-corrected chi connectivity index (χ0v) is 15.3. The number of hydrogen-bond acceptors (Lipinski definition) is 2. The zero-order chi connectivity index (χ0) is 17.8. The van der Waals surface area contributed by atoms with Gasteiger partial charge in [0.15, 0.2) is 0 Å². The molecule has 0 atom stereocenters. The van der Waals surface area contributed by atoms with Gasteiger partial charge in [-0.3, -0.25) is 4.90 Å². The molecule has 0 saturated heterocycles. The quantitative estimate of drug-likeness (QED) is 0.636. The number of hydrogen-bond donors (Lipinski definition) is 0. The fraction of sp³-hybridized carbons (Fsp3) is 0.250. The molecule has 0 saturated carbocycles. The number of rotatable bonds is 4. The van der Waals surface area contributed by atoms with Crippen molar-refractivity contribution in [3.8, 4) is 16.9 Å². The first-order valence-electron chi connectivity index (χ1n) is 9.34. The van der Waals surface area contributed by atoms with Gasteiger partial charge in [-0.05, 0) is 59.3 Å². The Balaban J connectivity index is 1.56. The molecular weight excluding hydrogens is 318 g/mol. The van der Waals surface area contributed by atoms with Crippen LogP contribution in [0.1, 0.15) is 23.1 Å². The lowest BCUT2D eigenvalue weighted by atomic mass is 9.97. The van der Waals surface area contributed by atoms with Crippen LogP contribution in [0.4, 0.5) is 0 Å². The van der Waals surface area contributed by atoms with E-state index in [1.807, 2.05) is 6.07 Å². The second-order valence-electron chi connectivity index (χ2n) is 7.02. The topological polar surface area (TPSA) is 12.5 Å². The summed E-state index contributed by atoms with van der Waals surface area (Å²) >= 11 is 0. The highest BCUT2D eigenvalue weighted by Gasteiger charge is 2.15. The fourth-order valence-corrected chi connectivity index (χ4v) is 3.78. The molecule has 0 bridgehead atoms. The molecule has 4 rings (SSSR count). The lowest BCUT2D eigenvalue weighted by Gasteiger charge is -2.20. The molecule has 0 N–H and O–H groups in total. The summed E-state index contributed by atoms with van der Waals surface area (Å²) in [6.07, 6.45) is 2.36. The Labute approximate surface area is 156 Å². The molecule has 26 heavy (non-hydrogen) atoms. The number of benzene rings is 3. The second kappa shape index (κ2) is 7.76. The largest absolute Gasteiger partial charge is 0.497 e. The number of nitrogens with zero attached hydrogens (tertiary/aromatic N) is 1. The van der Waals surface area contributed by atoms with E-state index in [0.29, 0.717) is 0 Å². The monoisotopic (exact) mass is 343 g/mol. The van der Waals surface area contributed by atoms with Gasteiger partial charge >= 0.3 is 0 Å². The van der Waals surface area contributed by atoms with Crippen LogP contribution >= 0.6 is 0 Å². The minimum Gasteiger partial charge on any atom is -0.497 e. The van der Waals surface area contributed by atoms with Crippen LogP contribution in [0, 0.1) is 0 Å². The Bertz CT molecular complexity index is 872. The van der Waals surface area contributed by atoms with Crippen molar-refractivity contribution in [1.82, 2.24) is 4.90 Å². The summed E-state index contributed by atoms with van der Waals surface area (Å²) in [5, 5.41) is 0. The van der Waals surface area contributed by atoms with Crippen LogP contribution in [-0.4, -0.2) is 18.6 Å². The molecule has 3 aromatic rings. The molecule has 1 aliphatic rings. The number of ether oxygens (including phenoxy) is 1. The van der Waals surface area contributed by atoms with Crippen molar-refractivity contribution in [3.05, 3.63) is 89.5 Å². The fourth-order valence-electron chi connectivity index (χ4n) is 3.78. The Morgan fingerprint density at radius 2 is 1.69 bits per heavy atom. The number of aryl methyl sites for hydroxylation is 1. The van der Waals surface area contributed by atoms with Gasteiger partial charge in [0, 0.05) is 13.1 Å². The maximum Gasteiger partial charge on any atom is 0.119 e. The molecule has 2 heteroatoms. The average Bonchev–Trinajstić information content (AvgIpc) is 2.90. The van der Waals surface area contributed by atoms with Gasteiger partial charge in [-0.15, -0.1) is 0 Å². The zero-order valence-electron chi connectivity index (χ0n) is 15.3. The molecule has 3 aromatic carbocycles. The molecular formula is C24H25NO. The third-order valence-electron chi connectivity index (χ3n) is 5.17. The summed E-state index contributed by atoms with van der Waals surface area (Å²) < 4.78 is 5.37. The van der Waals surface area contributed by atoms with E-state index in [-0.39, 0.29) is 0 Å². The Morgan fingerprint density at radius 1 is 0.846 bits per heavy atom. The Kier molecular flexibility index (Phi) is 5.03. The van der Waals surface area contributed by atoms with E-state index in [9.17, 15) is 0 Å². The predicted molar refractivity (Wildman–Crippen MR) is 107 cm³/mol. The summed E-state index contributed by atoms with van der Waals surface area (Å²) in [4.78, 5) is 2.56. The van der Waals surface area contributed by atoms with Crippen LogP contribution in [0.25, 0.3) is 11.1 Å². The maximum atomic E-state index is 5.37. The van der Waals surface area contributed by atoms with E-state index < -0.39 is 0 Å². The summed E-state index contributed by atoms with van der Waals surface area (Å²) in [6.45, 7) is 3.21.